The molecule has 0 fully saturated rings. The van der Waals surface area contributed by atoms with Crippen LogP contribution >= 0.6 is 11.6 Å². The van der Waals surface area contributed by atoms with Gasteiger partial charge in [-0.1, -0.05) is 17.7 Å². The van der Waals surface area contributed by atoms with E-state index < -0.39 is 5.91 Å². The molecular weight excluding hydrogens is 316 g/mol. The second-order valence-corrected chi connectivity index (χ2v) is 5.71. The second-order valence-electron chi connectivity index (χ2n) is 5.31. The van der Waals surface area contributed by atoms with Crippen molar-refractivity contribution in [1.82, 2.24) is 14.9 Å². The van der Waals surface area contributed by atoms with Crippen molar-refractivity contribution in [3.8, 4) is 5.75 Å². The van der Waals surface area contributed by atoms with Crippen molar-refractivity contribution in [2.24, 2.45) is 5.73 Å². The summed E-state index contributed by atoms with van der Waals surface area (Å²) in [4.78, 5) is 15.0. The number of nitrogens with zero attached hydrogens (tertiary/aromatic N) is 2. The Labute approximate surface area is 140 Å². The molecule has 0 spiro atoms. The zero-order valence-electron chi connectivity index (χ0n) is 13.3. The number of hydrogen-bond donors (Lipinski definition) is 2. The number of aromatic nitrogens is 2. The van der Waals surface area contributed by atoms with Crippen LogP contribution in [0.15, 0.2) is 24.5 Å². The third kappa shape index (κ3) is 4.97. The van der Waals surface area contributed by atoms with Gasteiger partial charge in [-0.25, -0.2) is 4.98 Å². The molecule has 23 heavy (non-hydrogen) atoms. The number of primary amides is 1. The van der Waals surface area contributed by atoms with Crippen molar-refractivity contribution in [3.63, 3.8) is 0 Å². The Hall–Kier alpha value is -2.05. The van der Waals surface area contributed by atoms with Gasteiger partial charge in [-0.3, -0.25) is 4.79 Å². The van der Waals surface area contributed by atoms with Crippen LogP contribution in [-0.4, -0.2) is 28.6 Å². The summed E-state index contributed by atoms with van der Waals surface area (Å²) in [6.45, 7) is 6.27. The fraction of sp³-hybridized carbons (Fsp3) is 0.375. The van der Waals surface area contributed by atoms with Gasteiger partial charge in [0.2, 0.25) is 0 Å². The van der Waals surface area contributed by atoms with E-state index in [-0.39, 0.29) is 6.61 Å². The van der Waals surface area contributed by atoms with Crippen LogP contribution in [0.3, 0.4) is 0 Å². The maximum atomic E-state index is 10.7. The fourth-order valence-corrected chi connectivity index (χ4v) is 2.38. The number of nitrogens with two attached hydrogens (primary N) is 1. The molecule has 0 atom stereocenters. The van der Waals surface area contributed by atoms with Gasteiger partial charge in [0.15, 0.2) is 6.61 Å². The minimum atomic E-state index is -0.531. The molecule has 0 radical (unpaired) electrons. The normalized spacial score (nSPS) is 10.7. The van der Waals surface area contributed by atoms with Crippen molar-refractivity contribution in [1.29, 1.82) is 0 Å². The van der Waals surface area contributed by atoms with Gasteiger partial charge < -0.3 is 20.4 Å². The number of nitrogens with one attached hydrogen (secondary N) is 1. The summed E-state index contributed by atoms with van der Waals surface area (Å²) in [5, 5.41) is 3.83. The third-order valence-electron chi connectivity index (χ3n) is 3.57. The Kier molecular flexibility index (Phi) is 6.01. The SMILES string of the molecule is Cc1ncn(CCNCc2ccc(OCC(N)=O)c(Cl)c2)c1C. The predicted molar refractivity (Wildman–Crippen MR) is 89.5 cm³/mol. The van der Waals surface area contributed by atoms with Crippen molar-refractivity contribution in [2.75, 3.05) is 13.2 Å². The van der Waals surface area contributed by atoms with Gasteiger partial charge in [-0.15, -0.1) is 0 Å². The molecule has 0 aliphatic carbocycles. The van der Waals surface area contributed by atoms with Gasteiger partial charge in [-0.2, -0.15) is 0 Å². The van der Waals surface area contributed by atoms with E-state index in [1.54, 1.807) is 6.07 Å². The number of carbonyl (C=O) groups excluding carboxylic acids is 1. The lowest BCUT2D eigenvalue weighted by atomic mass is 10.2. The first kappa shape index (κ1) is 17.3. The zero-order chi connectivity index (χ0) is 16.8. The molecule has 1 aromatic heterocycles. The van der Waals surface area contributed by atoms with Crippen LogP contribution in [-0.2, 0) is 17.9 Å². The number of rotatable bonds is 8. The molecule has 2 aromatic rings. The van der Waals surface area contributed by atoms with E-state index in [4.69, 9.17) is 22.1 Å². The van der Waals surface area contributed by atoms with Crippen LogP contribution in [0.1, 0.15) is 17.0 Å². The summed E-state index contributed by atoms with van der Waals surface area (Å²) < 4.78 is 7.34. The Morgan fingerprint density at radius 2 is 2.22 bits per heavy atom. The third-order valence-corrected chi connectivity index (χ3v) is 3.87. The van der Waals surface area contributed by atoms with Gasteiger partial charge in [-0.05, 0) is 31.5 Å². The lowest BCUT2D eigenvalue weighted by molar-refractivity contribution is -0.119. The lowest BCUT2D eigenvalue weighted by Gasteiger charge is -2.10. The minimum Gasteiger partial charge on any atom is -0.482 e. The molecule has 0 unspecified atom stereocenters. The predicted octanol–water partition coefficient (Wildman–Crippen LogP) is 1.81. The smallest absolute Gasteiger partial charge is 0.255 e. The van der Waals surface area contributed by atoms with E-state index >= 15 is 0 Å². The van der Waals surface area contributed by atoms with E-state index in [1.165, 1.54) is 5.69 Å². The van der Waals surface area contributed by atoms with E-state index in [2.05, 4.69) is 21.8 Å². The van der Waals surface area contributed by atoms with Gasteiger partial charge in [0.1, 0.15) is 5.75 Å². The number of carbonyl (C=O) groups is 1. The number of amides is 1. The molecular formula is C16H21ClN4O2. The fourth-order valence-electron chi connectivity index (χ4n) is 2.12. The molecule has 2 rings (SSSR count). The van der Waals surface area contributed by atoms with E-state index in [0.29, 0.717) is 17.3 Å². The number of imidazole rings is 1. The number of ether oxygens (including phenoxy) is 1. The summed E-state index contributed by atoms with van der Waals surface area (Å²) in [5.74, 6) is -0.0735. The standard InChI is InChI=1S/C16H21ClN4O2/c1-11-12(2)21(10-20-11)6-5-19-8-13-3-4-15(14(17)7-13)23-9-16(18)22/h3-4,7,10,19H,5-6,8-9H2,1-2H3,(H2,18,22). The minimum absolute atomic E-state index is 0.180. The molecule has 0 saturated carbocycles. The summed E-state index contributed by atoms with van der Waals surface area (Å²) in [7, 11) is 0. The molecule has 6 nitrogen and oxygen atoms in total. The average molecular weight is 337 g/mol. The molecule has 1 heterocycles. The summed E-state index contributed by atoms with van der Waals surface area (Å²) in [6, 6.07) is 5.46. The lowest BCUT2D eigenvalue weighted by Crippen LogP contribution is -2.20. The Balaban J connectivity index is 1.80. The van der Waals surface area contributed by atoms with Crippen LogP contribution in [0.5, 0.6) is 5.75 Å². The Morgan fingerprint density at radius 1 is 1.43 bits per heavy atom. The molecule has 0 aliphatic heterocycles. The van der Waals surface area contributed by atoms with Crippen LogP contribution in [0.2, 0.25) is 5.02 Å². The molecule has 3 N–H and O–H groups in total. The van der Waals surface area contributed by atoms with Crippen molar-refractivity contribution >= 4 is 17.5 Å². The Bertz CT molecular complexity index is 685. The van der Waals surface area contributed by atoms with Crippen molar-refractivity contribution < 1.29 is 9.53 Å². The summed E-state index contributed by atoms with van der Waals surface area (Å²) in [6.07, 6.45) is 1.86. The highest BCUT2D eigenvalue weighted by molar-refractivity contribution is 6.32. The van der Waals surface area contributed by atoms with Gasteiger partial charge in [0.25, 0.3) is 5.91 Å². The van der Waals surface area contributed by atoms with E-state index in [0.717, 1.165) is 24.3 Å². The molecule has 7 heteroatoms. The summed E-state index contributed by atoms with van der Waals surface area (Å²) in [5.41, 5.74) is 8.32. The van der Waals surface area contributed by atoms with Gasteiger partial charge >= 0.3 is 0 Å². The molecule has 0 aliphatic rings. The zero-order valence-corrected chi connectivity index (χ0v) is 14.1. The highest BCUT2D eigenvalue weighted by Crippen LogP contribution is 2.25. The number of hydrogen-bond acceptors (Lipinski definition) is 4. The van der Waals surface area contributed by atoms with E-state index in [9.17, 15) is 4.79 Å². The molecule has 1 amide bonds. The van der Waals surface area contributed by atoms with Crippen LogP contribution in [0.4, 0.5) is 0 Å². The number of benzene rings is 1. The second kappa shape index (κ2) is 7.99. The van der Waals surface area contributed by atoms with E-state index in [1.807, 2.05) is 25.4 Å². The highest BCUT2D eigenvalue weighted by atomic mass is 35.5. The Morgan fingerprint density at radius 3 is 2.83 bits per heavy atom. The topological polar surface area (TPSA) is 82.2 Å². The first-order valence-corrected chi connectivity index (χ1v) is 7.73. The molecule has 124 valence electrons. The van der Waals surface area contributed by atoms with Crippen molar-refractivity contribution in [3.05, 3.63) is 46.5 Å². The van der Waals surface area contributed by atoms with Crippen LogP contribution in [0, 0.1) is 13.8 Å². The molecule has 0 saturated heterocycles. The number of aryl methyl sites for hydroxylation is 1. The van der Waals surface area contributed by atoms with Crippen molar-refractivity contribution in [2.45, 2.75) is 26.9 Å². The number of halogens is 1. The first-order valence-electron chi connectivity index (χ1n) is 7.36. The van der Waals surface area contributed by atoms with Crippen LogP contribution < -0.4 is 15.8 Å². The maximum Gasteiger partial charge on any atom is 0.255 e. The summed E-state index contributed by atoms with van der Waals surface area (Å²) >= 11 is 6.13. The molecule has 0 bridgehead atoms. The largest absolute Gasteiger partial charge is 0.482 e. The first-order chi connectivity index (χ1) is 11.0. The molecule has 1 aromatic carbocycles. The quantitative estimate of drug-likeness (QED) is 0.720. The van der Waals surface area contributed by atoms with Crippen LogP contribution in [0.25, 0.3) is 0 Å². The maximum absolute atomic E-state index is 10.7. The van der Waals surface area contributed by atoms with Gasteiger partial charge in [0, 0.05) is 25.3 Å². The highest BCUT2D eigenvalue weighted by Gasteiger charge is 2.05. The van der Waals surface area contributed by atoms with Gasteiger partial charge in [0.05, 0.1) is 17.0 Å². The average Bonchev–Trinajstić information content (AvgIpc) is 2.82. The monoisotopic (exact) mass is 336 g/mol.